The fourth-order valence-electron chi connectivity index (χ4n) is 4.03. The number of likely N-dealkylation sites (tertiary alicyclic amines) is 1. The average Bonchev–Trinajstić information content (AvgIpc) is 2.81. The van der Waals surface area contributed by atoms with E-state index in [4.69, 9.17) is 10.5 Å². The number of hydrogen-bond donors (Lipinski definition) is 5. The molecule has 2 amide bonds. The Labute approximate surface area is 205 Å². The van der Waals surface area contributed by atoms with Gasteiger partial charge in [0, 0.05) is 36.7 Å². The number of carbonyl (C=O) groups excluding carboxylic acids is 2. The minimum atomic E-state index is -3.37. The highest BCUT2D eigenvalue weighted by Crippen LogP contribution is 2.46. The van der Waals surface area contributed by atoms with E-state index in [2.05, 4.69) is 19.4 Å². The lowest BCUT2D eigenvalue weighted by atomic mass is 9.98. The first-order valence-electron chi connectivity index (χ1n) is 11.4. The summed E-state index contributed by atoms with van der Waals surface area (Å²) in [5.74, 6) is 0.446. The highest BCUT2D eigenvalue weighted by molar-refractivity contribution is 8.24. The third-order valence-corrected chi connectivity index (χ3v) is 6.76. The Bertz CT molecular complexity index is 1150. The van der Waals surface area contributed by atoms with Crippen molar-refractivity contribution in [1.29, 1.82) is 0 Å². The van der Waals surface area contributed by atoms with Crippen LogP contribution >= 0.6 is 11.0 Å². The van der Waals surface area contributed by atoms with Gasteiger partial charge in [0.2, 0.25) is 5.91 Å². The van der Waals surface area contributed by atoms with E-state index in [1.54, 1.807) is 49.1 Å². The molecule has 1 atom stereocenters. The first-order valence-corrected chi connectivity index (χ1v) is 12.9. The first kappa shape index (κ1) is 24.8. The molecule has 2 aromatic rings. The van der Waals surface area contributed by atoms with Crippen molar-refractivity contribution >= 4 is 40.1 Å². The lowest BCUT2D eigenvalue weighted by Gasteiger charge is -2.34. The molecule has 0 radical (unpaired) electrons. The number of hydrogen-bond acceptors (Lipinski definition) is 9. The first-order chi connectivity index (χ1) is 16.6. The number of anilines is 2. The second-order valence-corrected chi connectivity index (χ2v) is 10.3. The molecule has 4 rings (SSSR count). The SMILES string of the molecule is CC(C)C(=O)Nc1cc(C(=O)N2CCCC(COc3cccc4c3C(N)=NS(O)(O)N4)C2)ccn1. The molecule has 0 aliphatic carbocycles. The maximum Gasteiger partial charge on any atom is 0.254 e. The van der Waals surface area contributed by atoms with Crippen LogP contribution in [0.5, 0.6) is 5.75 Å². The summed E-state index contributed by atoms with van der Waals surface area (Å²) in [6, 6.07) is 8.38. The van der Waals surface area contributed by atoms with Gasteiger partial charge in [0.1, 0.15) is 11.6 Å². The number of nitrogens with zero attached hydrogens (tertiary/aromatic N) is 3. The number of rotatable bonds is 6. The minimum absolute atomic E-state index is 0.00662. The van der Waals surface area contributed by atoms with Crippen LogP contribution in [-0.4, -0.2) is 56.3 Å². The third-order valence-electron chi connectivity index (χ3n) is 5.82. The molecule has 0 saturated carbocycles. The highest BCUT2D eigenvalue weighted by atomic mass is 32.3. The van der Waals surface area contributed by atoms with Crippen LogP contribution in [0.25, 0.3) is 0 Å². The Hall–Kier alpha value is -3.35. The molecule has 1 aromatic heterocycles. The van der Waals surface area contributed by atoms with Crippen LogP contribution in [0.1, 0.15) is 42.6 Å². The summed E-state index contributed by atoms with van der Waals surface area (Å²) in [6.07, 6.45) is 3.25. The van der Waals surface area contributed by atoms with Crippen LogP contribution < -0.4 is 20.5 Å². The number of ether oxygens (including phenoxy) is 1. The molecule has 35 heavy (non-hydrogen) atoms. The van der Waals surface area contributed by atoms with Crippen molar-refractivity contribution in [3.8, 4) is 5.75 Å². The van der Waals surface area contributed by atoms with Gasteiger partial charge in [-0.05, 0) is 48.1 Å². The third kappa shape index (κ3) is 5.84. The van der Waals surface area contributed by atoms with Gasteiger partial charge < -0.3 is 20.7 Å². The van der Waals surface area contributed by atoms with Crippen LogP contribution in [0.4, 0.5) is 11.5 Å². The monoisotopic (exact) mass is 502 g/mol. The molecule has 188 valence electrons. The van der Waals surface area contributed by atoms with Crippen molar-refractivity contribution in [3.63, 3.8) is 0 Å². The molecular formula is C23H30N6O5S. The van der Waals surface area contributed by atoms with Crippen molar-refractivity contribution in [2.24, 2.45) is 22.0 Å². The van der Waals surface area contributed by atoms with Crippen LogP contribution in [0.2, 0.25) is 0 Å². The molecule has 2 aliphatic rings. The van der Waals surface area contributed by atoms with Crippen molar-refractivity contribution in [2.45, 2.75) is 26.7 Å². The van der Waals surface area contributed by atoms with E-state index in [1.165, 1.54) is 6.20 Å². The van der Waals surface area contributed by atoms with Gasteiger partial charge in [0.25, 0.3) is 5.91 Å². The average molecular weight is 503 g/mol. The van der Waals surface area contributed by atoms with E-state index < -0.39 is 11.0 Å². The number of aromatic nitrogens is 1. The van der Waals surface area contributed by atoms with E-state index >= 15 is 0 Å². The lowest BCUT2D eigenvalue weighted by Crippen LogP contribution is -2.41. The minimum Gasteiger partial charge on any atom is -0.492 e. The van der Waals surface area contributed by atoms with Crippen molar-refractivity contribution in [3.05, 3.63) is 47.7 Å². The number of benzene rings is 1. The van der Waals surface area contributed by atoms with E-state index in [-0.39, 0.29) is 29.5 Å². The maximum atomic E-state index is 13.1. The number of piperidine rings is 1. The van der Waals surface area contributed by atoms with Crippen molar-refractivity contribution in [2.75, 3.05) is 29.7 Å². The Balaban J connectivity index is 1.40. The van der Waals surface area contributed by atoms with Gasteiger partial charge in [-0.15, -0.1) is 4.40 Å². The predicted molar refractivity (Wildman–Crippen MR) is 135 cm³/mol. The molecule has 2 aliphatic heterocycles. The van der Waals surface area contributed by atoms with Gasteiger partial charge in [-0.2, -0.15) is 0 Å². The van der Waals surface area contributed by atoms with Gasteiger partial charge >= 0.3 is 0 Å². The quantitative estimate of drug-likeness (QED) is 0.402. The number of nitrogens with two attached hydrogens (primary N) is 1. The van der Waals surface area contributed by atoms with Crippen molar-refractivity contribution < 1.29 is 23.4 Å². The summed E-state index contributed by atoms with van der Waals surface area (Å²) in [5, 5.41) is 2.72. The largest absolute Gasteiger partial charge is 0.492 e. The summed E-state index contributed by atoms with van der Waals surface area (Å²) in [6.45, 7) is 5.09. The van der Waals surface area contributed by atoms with Crippen molar-refractivity contribution in [1.82, 2.24) is 9.88 Å². The maximum absolute atomic E-state index is 13.1. The molecule has 1 fully saturated rings. The molecule has 0 spiro atoms. The Morgan fingerprint density at radius 3 is 2.91 bits per heavy atom. The number of pyridine rings is 1. The predicted octanol–water partition coefficient (Wildman–Crippen LogP) is 3.32. The molecule has 1 saturated heterocycles. The topological polar surface area (TPSA) is 162 Å². The second-order valence-electron chi connectivity index (χ2n) is 8.92. The molecule has 1 unspecified atom stereocenters. The molecule has 12 heteroatoms. The fourth-order valence-corrected chi connectivity index (χ4v) is 4.91. The Kier molecular flexibility index (Phi) is 7.15. The van der Waals surface area contributed by atoms with Gasteiger partial charge in [-0.3, -0.25) is 23.4 Å². The number of nitrogens with one attached hydrogen (secondary N) is 2. The van der Waals surface area contributed by atoms with E-state index in [1.807, 2.05) is 0 Å². The summed E-state index contributed by atoms with van der Waals surface area (Å²) in [4.78, 5) is 31.0. The van der Waals surface area contributed by atoms with Gasteiger partial charge in [0.15, 0.2) is 5.84 Å². The second kappa shape index (κ2) is 10.1. The van der Waals surface area contributed by atoms with E-state index in [9.17, 15) is 18.7 Å². The summed E-state index contributed by atoms with van der Waals surface area (Å²) >= 11 is 0. The Morgan fingerprint density at radius 2 is 2.14 bits per heavy atom. The van der Waals surface area contributed by atoms with Crippen LogP contribution in [0.3, 0.4) is 0 Å². The van der Waals surface area contributed by atoms with Crippen LogP contribution in [-0.2, 0) is 4.79 Å². The molecular weight excluding hydrogens is 472 g/mol. The lowest BCUT2D eigenvalue weighted by molar-refractivity contribution is -0.118. The van der Waals surface area contributed by atoms with Gasteiger partial charge in [-0.25, -0.2) is 4.98 Å². The molecule has 6 N–H and O–H groups in total. The number of fused-ring (bicyclic) bond motifs is 1. The zero-order valence-electron chi connectivity index (χ0n) is 19.6. The van der Waals surface area contributed by atoms with E-state index in [0.717, 1.165) is 12.8 Å². The normalized spacial score (nSPS) is 19.7. The summed E-state index contributed by atoms with van der Waals surface area (Å²) in [7, 11) is -3.37. The van der Waals surface area contributed by atoms with Crippen LogP contribution in [0.15, 0.2) is 40.9 Å². The summed E-state index contributed by atoms with van der Waals surface area (Å²) in [5.41, 5.74) is 7.35. The smallest absolute Gasteiger partial charge is 0.254 e. The molecule has 0 bridgehead atoms. The van der Waals surface area contributed by atoms with Crippen LogP contribution in [0, 0.1) is 11.8 Å². The number of carbonyl (C=O) groups is 2. The standard InChI is InChI=1S/C23H30N6O5S/c1-14(2)22(30)26-19-11-16(8-9-25-19)23(31)29-10-4-5-15(12-29)13-34-18-7-3-6-17-20(18)21(24)28-35(32,33)27-17/h3,6-9,11,14-15,27,32-33H,4-5,10,12-13H2,1-2H3,(H2,24,28)(H,25,26,30). The Morgan fingerprint density at radius 1 is 1.34 bits per heavy atom. The van der Waals surface area contributed by atoms with Gasteiger partial charge in [-0.1, -0.05) is 19.9 Å². The van der Waals surface area contributed by atoms with E-state index in [0.29, 0.717) is 48.1 Å². The molecule has 11 nitrogen and oxygen atoms in total. The number of amidine groups is 1. The zero-order chi connectivity index (χ0) is 25.2. The summed E-state index contributed by atoms with van der Waals surface area (Å²) < 4.78 is 32.0. The fraction of sp³-hybridized carbons (Fsp3) is 0.391. The number of amides is 2. The highest BCUT2D eigenvalue weighted by Gasteiger charge is 2.28. The molecule has 3 heterocycles. The zero-order valence-corrected chi connectivity index (χ0v) is 20.4. The van der Waals surface area contributed by atoms with Gasteiger partial charge in [0.05, 0.1) is 17.9 Å². The molecule has 1 aromatic carbocycles.